The molecule has 1 heterocycles. The quantitative estimate of drug-likeness (QED) is 0.547. The highest BCUT2D eigenvalue weighted by molar-refractivity contribution is 6.00. The van der Waals surface area contributed by atoms with Crippen molar-refractivity contribution in [1.82, 2.24) is 4.98 Å². The minimum absolute atomic E-state index is 0.0388. The molecule has 0 fully saturated rings. The molecule has 0 saturated heterocycles. The van der Waals surface area contributed by atoms with Gasteiger partial charge in [-0.3, -0.25) is 9.78 Å². The highest BCUT2D eigenvalue weighted by Crippen LogP contribution is 2.01. The Morgan fingerprint density at radius 1 is 1.69 bits per heavy atom. The van der Waals surface area contributed by atoms with Gasteiger partial charge in [-0.25, -0.2) is 0 Å². The van der Waals surface area contributed by atoms with Crippen LogP contribution in [0.5, 0.6) is 0 Å². The van der Waals surface area contributed by atoms with Crippen molar-refractivity contribution in [3.63, 3.8) is 0 Å². The smallest absolute Gasteiger partial charge is 0.248 e. The Bertz CT molecular complexity index is 349. The molecule has 0 aliphatic carbocycles. The predicted octanol–water partition coefficient (Wildman–Crippen LogP) is -0.459. The van der Waals surface area contributed by atoms with Crippen LogP contribution in [0.15, 0.2) is 18.3 Å². The number of hydrogen-bond donors (Lipinski definition) is 3. The lowest BCUT2D eigenvalue weighted by atomic mass is 10.2. The summed E-state index contributed by atoms with van der Waals surface area (Å²) < 4.78 is 0. The largest absolute Gasteiger partial charge is 0.390 e. The zero-order valence-electron chi connectivity index (χ0n) is 6.82. The topological polar surface area (TPSA) is 100 Å². The van der Waals surface area contributed by atoms with Gasteiger partial charge < -0.3 is 16.2 Å². The first-order chi connectivity index (χ1) is 6.15. The van der Waals surface area contributed by atoms with Gasteiger partial charge in [0.1, 0.15) is 0 Å². The number of carbonyl (C=O) groups is 1. The van der Waals surface area contributed by atoms with Crippen LogP contribution in [-0.4, -0.2) is 28.3 Å². The molecule has 0 aliphatic heterocycles. The Balaban J connectivity index is 3.05. The molecule has 1 aromatic rings. The van der Waals surface area contributed by atoms with Crippen LogP contribution < -0.4 is 5.73 Å². The van der Waals surface area contributed by atoms with Gasteiger partial charge in [0.15, 0.2) is 0 Å². The number of rotatable bonds is 3. The average Bonchev–Trinajstić information content (AvgIpc) is 2.17. The van der Waals surface area contributed by atoms with Gasteiger partial charge in [-0.05, 0) is 12.1 Å². The van der Waals surface area contributed by atoms with E-state index in [2.05, 4.69) is 4.98 Å². The summed E-state index contributed by atoms with van der Waals surface area (Å²) in [5.74, 6) is -0.575. The number of aliphatic hydroxyl groups is 1. The van der Waals surface area contributed by atoms with E-state index in [9.17, 15) is 4.79 Å². The maximum absolute atomic E-state index is 10.7. The summed E-state index contributed by atoms with van der Waals surface area (Å²) in [6.07, 6.45) is 1.37. The number of primary amides is 1. The molecule has 0 bridgehead atoms. The molecule has 5 heteroatoms. The van der Waals surface area contributed by atoms with Gasteiger partial charge in [-0.1, -0.05) is 0 Å². The standard InChI is InChI=1S/C8H9N3O2/c9-6(4-12)7-3-5(8(10)13)1-2-11-7/h1-3,9,12H,4H2,(H2,10,13). The Morgan fingerprint density at radius 2 is 2.38 bits per heavy atom. The fourth-order valence-electron chi connectivity index (χ4n) is 0.830. The molecule has 0 radical (unpaired) electrons. The molecular weight excluding hydrogens is 170 g/mol. The van der Waals surface area contributed by atoms with Gasteiger partial charge in [-0.2, -0.15) is 0 Å². The van der Waals surface area contributed by atoms with Crippen molar-refractivity contribution in [2.75, 3.05) is 6.61 Å². The number of nitrogens with one attached hydrogen (secondary N) is 1. The van der Waals surface area contributed by atoms with Crippen LogP contribution in [0.4, 0.5) is 0 Å². The zero-order valence-corrected chi connectivity index (χ0v) is 6.82. The Kier molecular flexibility index (Phi) is 2.71. The van der Waals surface area contributed by atoms with Gasteiger partial charge in [0.05, 0.1) is 18.0 Å². The third-order valence-electron chi connectivity index (χ3n) is 1.51. The third-order valence-corrected chi connectivity index (χ3v) is 1.51. The van der Waals surface area contributed by atoms with Crippen LogP contribution in [0.25, 0.3) is 0 Å². The first-order valence-electron chi connectivity index (χ1n) is 3.59. The number of nitrogens with two attached hydrogens (primary N) is 1. The third kappa shape index (κ3) is 2.09. The van der Waals surface area contributed by atoms with Crippen molar-refractivity contribution in [3.8, 4) is 0 Å². The van der Waals surface area contributed by atoms with Crippen LogP contribution in [0.1, 0.15) is 16.1 Å². The SMILES string of the molecule is N=C(CO)c1cc(C(N)=O)ccn1. The maximum atomic E-state index is 10.7. The van der Waals surface area contributed by atoms with E-state index in [0.29, 0.717) is 0 Å². The van der Waals surface area contributed by atoms with E-state index in [1.54, 1.807) is 0 Å². The summed E-state index contributed by atoms with van der Waals surface area (Å²) in [4.78, 5) is 14.5. The number of pyridine rings is 1. The van der Waals surface area contributed by atoms with Crippen LogP contribution in [0, 0.1) is 5.41 Å². The van der Waals surface area contributed by atoms with E-state index < -0.39 is 12.5 Å². The van der Waals surface area contributed by atoms with Crippen LogP contribution in [0.2, 0.25) is 0 Å². The summed E-state index contributed by atoms with van der Waals surface area (Å²) in [6, 6.07) is 2.83. The van der Waals surface area contributed by atoms with Crippen molar-refractivity contribution in [1.29, 1.82) is 5.41 Å². The average molecular weight is 179 g/mol. The van der Waals surface area contributed by atoms with E-state index >= 15 is 0 Å². The molecular formula is C8H9N3O2. The minimum Gasteiger partial charge on any atom is -0.390 e. The van der Waals surface area contributed by atoms with Crippen molar-refractivity contribution >= 4 is 11.6 Å². The predicted molar refractivity (Wildman–Crippen MR) is 46.7 cm³/mol. The second kappa shape index (κ2) is 3.77. The van der Waals surface area contributed by atoms with Gasteiger partial charge in [0.25, 0.3) is 0 Å². The normalized spacial score (nSPS) is 9.62. The summed E-state index contributed by atoms with van der Waals surface area (Å²) in [6.45, 7) is -0.408. The van der Waals surface area contributed by atoms with E-state index in [1.165, 1.54) is 18.3 Å². The second-order valence-corrected chi connectivity index (χ2v) is 2.43. The molecule has 0 saturated carbocycles. The number of amides is 1. The molecule has 1 rings (SSSR count). The number of nitrogens with zero attached hydrogens (tertiary/aromatic N) is 1. The van der Waals surface area contributed by atoms with E-state index in [4.69, 9.17) is 16.2 Å². The van der Waals surface area contributed by atoms with E-state index in [1.807, 2.05) is 0 Å². The lowest BCUT2D eigenvalue weighted by Gasteiger charge is -2.00. The minimum atomic E-state index is -0.575. The highest BCUT2D eigenvalue weighted by Gasteiger charge is 2.05. The summed E-state index contributed by atoms with van der Waals surface area (Å²) in [5, 5.41) is 15.9. The molecule has 0 aromatic carbocycles. The molecule has 0 spiro atoms. The van der Waals surface area contributed by atoms with Crippen molar-refractivity contribution in [2.45, 2.75) is 0 Å². The first-order valence-corrected chi connectivity index (χ1v) is 3.59. The summed E-state index contributed by atoms with van der Waals surface area (Å²) in [7, 11) is 0. The van der Waals surface area contributed by atoms with Crippen LogP contribution in [0.3, 0.4) is 0 Å². The summed E-state index contributed by atoms with van der Waals surface area (Å²) in [5.41, 5.74) is 5.53. The lowest BCUT2D eigenvalue weighted by molar-refractivity contribution is 0.1000. The Labute approximate surface area is 74.7 Å². The molecule has 13 heavy (non-hydrogen) atoms. The van der Waals surface area contributed by atoms with Crippen molar-refractivity contribution < 1.29 is 9.90 Å². The van der Waals surface area contributed by atoms with E-state index in [-0.39, 0.29) is 17.0 Å². The Morgan fingerprint density at radius 3 is 2.92 bits per heavy atom. The lowest BCUT2D eigenvalue weighted by Crippen LogP contribution is -2.14. The molecule has 4 N–H and O–H groups in total. The second-order valence-electron chi connectivity index (χ2n) is 2.43. The first kappa shape index (κ1) is 9.34. The monoisotopic (exact) mass is 179 g/mol. The number of aromatic nitrogens is 1. The number of hydrogen-bond acceptors (Lipinski definition) is 4. The molecule has 0 unspecified atom stereocenters. The molecule has 0 aliphatic rings. The van der Waals surface area contributed by atoms with Crippen molar-refractivity contribution in [3.05, 3.63) is 29.6 Å². The van der Waals surface area contributed by atoms with Crippen LogP contribution >= 0.6 is 0 Å². The molecule has 5 nitrogen and oxygen atoms in total. The highest BCUT2D eigenvalue weighted by atomic mass is 16.3. The number of carbonyl (C=O) groups excluding carboxylic acids is 1. The zero-order chi connectivity index (χ0) is 9.84. The fraction of sp³-hybridized carbons (Fsp3) is 0.125. The van der Waals surface area contributed by atoms with E-state index in [0.717, 1.165) is 0 Å². The van der Waals surface area contributed by atoms with Crippen molar-refractivity contribution in [2.24, 2.45) is 5.73 Å². The maximum Gasteiger partial charge on any atom is 0.248 e. The molecule has 0 atom stereocenters. The molecule has 1 aromatic heterocycles. The van der Waals surface area contributed by atoms with Gasteiger partial charge in [-0.15, -0.1) is 0 Å². The molecule has 68 valence electrons. The van der Waals surface area contributed by atoms with Gasteiger partial charge in [0, 0.05) is 11.8 Å². The number of aliphatic hydroxyl groups excluding tert-OH is 1. The van der Waals surface area contributed by atoms with Gasteiger partial charge >= 0.3 is 0 Å². The van der Waals surface area contributed by atoms with Gasteiger partial charge in [0.2, 0.25) is 5.91 Å². The summed E-state index contributed by atoms with van der Waals surface area (Å²) >= 11 is 0. The molecule has 1 amide bonds. The fourth-order valence-corrected chi connectivity index (χ4v) is 0.830. The van der Waals surface area contributed by atoms with Crippen LogP contribution in [-0.2, 0) is 0 Å². The Hall–Kier alpha value is -1.75.